The zero-order chi connectivity index (χ0) is 15.4. The molecule has 2 heterocycles. The monoisotopic (exact) mass is 333 g/mol. The maximum Gasteiger partial charge on any atom is 0.162 e. The first-order valence-electron chi connectivity index (χ1n) is 9.40. The van der Waals surface area contributed by atoms with Crippen LogP contribution in [0.2, 0.25) is 0 Å². The number of aliphatic imine (C=N–C) groups is 1. The smallest absolute Gasteiger partial charge is 0.162 e. The van der Waals surface area contributed by atoms with Crippen molar-refractivity contribution in [1.29, 1.82) is 0 Å². The van der Waals surface area contributed by atoms with E-state index in [4.69, 9.17) is 4.99 Å². The molecule has 126 valence electrons. The van der Waals surface area contributed by atoms with Crippen molar-refractivity contribution in [2.75, 3.05) is 0 Å². The van der Waals surface area contributed by atoms with Gasteiger partial charge in [-0.25, -0.2) is 9.98 Å². The van der Waals surface area contributed by atoms with E-state index < -0.39 is 11.1 Å². The second-order valence-corrected chi connectivity index (χ2v) is 10.1. The lowest BCUT2D eigenvalue weighted by molar-refractivity contribution is 0.0964. The molecule has 1 aliphatic heterocycles. The molecule has 0 aromatic carbocycles. The zero-order valence-corrected chi connectivity index (χ0v) is 14.5. The van der Waals surface area contributed by atoms with Crippen molar-refractivity contribution in [2.24, 2.45) is 28.7 Å². The maximum absolute atomic E-state index is 11.2. The van der Waals surface area contributed by atoms with Gasteiger partial charge in [0.05, 0.1) is 11.2 Å². The molecule has 3 saturated carbocycles. The Morgan fingerprint density at radius 3 is 2.43 bits per heavy atom. The first-order chi connectivity index (χ1) is 11.3. The van der Waals surface area contributed by atoms with E-state index in [1.807, 2.05) is 12.5 Å². The Morgan fingerprint density at radius 1 is 1.04 bits per heavy atom. The highest BCUT2D eigenvalue weighted by Crippen LogP contribution is 2.55. The fourth-order valence-electron chi connectivity index (χ4n) is 4.71. The van der Waals surface area contributed by atoms with Gasteiger partial charge in [0, 0.05) is 5.92 Å². The van der Waals surface area contributed by atoms with Crippen LogP contribution in [0.15, 0.2) is 17.5 Å². The predicted octanol–water partition coefficient (Wildman–Crippen LogP) is 4.03. The van der Waals surface area contributed by atoms with Gasteiger partial charge in [-0.2, -0.15) is 0 Å². The highest BCUT2D eigenvalue weighted by molar-refractivity contribution is 8.29. The molecule has 0 amide bonds. The lowest BCUT2D eigenvalue weighted by atomic mass is 9.68. The molecule has 4 aliphatic rings. The Bertz CT molecular complexity index is 612. The lowest BCUT2D eigenvalue weighted by Gasteiger charge is -2.41. The molecule has 1 aromatic heterocycles. The number of hydrogen-bond donors (Lipinski definition) is 2. The third-order valence-electron chi connectivity index (χ3n) is 6.54. The SMILES string of the molecule is OC(C1CCC(C2CCC2)CC1)[SH]1C(C2CC2)=Nc2cncn21. The van der Waals surface area contributed by atoms with Gasteiger partial charge in [0.15, 0.2) is 5.82 Å². The molecule has 1 aromatic rings. The van der Waals surface area contributed by atoms with Crippen molar-refractivity contribution in [3.8, 4) is 0 Å². The summed E-state index contributed by atoms with van der Waals surface area (Å²) in [6.07, 6.45) is 15.7. The molecular formula is C18H27N3OS. The minimum Gasteiger partial charge on any atom is -0.382 e. The number of imidazole rings is 1. The number of rotatable bonds is 4. The second kappa shape index (κ2) is 5.62. The Labute approximate surface area is 140 Å². The van der Waals surface area contributed by atoms with Crippen LogP contribution in [0.1, 0.15) is 57.8 Å². The molecule has 0 radical (unpaired) electrons. The Balaban J connectivity index is 1.30. The van der Waals surface area contributed by atoms with E-state index in [1.54, 1.807) is 0 Å². The van der Waals surface area contributed by atoms with E-state index in [0.717, 1.165) is 17.7 Å². The second-order valence-electron chi connectivity index (χ2n) is 7.96. The topological polar surface area (TPSA) is 50.4 Å². The minimum absolute atomic E-state index is 0.220. The van der Waals surface area contributed by atoms with E-state index in [0.29, 0.717) is 11.8 Å². The number of hydrogen-bond acceptors (Lipinski definition) is 3. The van der Waals surface area contributed by atoms with Gasteiger partial charge in [-0.3, -0.25) is 3.97 Å². The van der Waals surface area contributed by atoms with Crippen LogP contribution < -0.4 is 0 Å². The Hall–Kier alpha value is -0.810. The van der Waals surface area contributed by atoms with Crippen LogP contribution in [0, 0.1) is 23.7 Å². The van der Waals surface area contributed by atoms with Crippen LogP contribution in [0.3, 0.4) is 0 Å². The fourth-order valence-corrected chi connectivity index (χ4v) is 7.48. The molecule has 3 fully saturated rings. The molecule has 23 heavy (non-hydrogen) atoms. The first-order valence-corrected chi connectivity index (χ1v) is 10.8. The standard InChI is InChI=1S/C18H27N3OS/c22-18(15-8-4-13(5-9-15)12-2-1-3-12)23-17(14-6-7-14)20-16-10-19-11-21(16)23/h10-15,18,22-23H,1-9H2. The number of aliphatic hydroxyl groups excluding tert-OH is 1. The largest absolute Gasteiger partial charge is 0.382 e. The third kappa shape index (κ3) is 2.47. The van der Waals surface area contributed by atoms with Crippen molar-refractivity contribution in [2.45, 2.75) is 63.2 Å². The summed E-state index contributed by atoms with van der Waals surface area (Å²) in [5, 5.41) is 12.5. The van der Waals surface area contributed by atoms with E-state index in [1.165, 1.54) is 62.8 Å². The summed E-state index contributed by atoms with van der Waals surface area (Å²) in [5.74, 6) is 4.04. The lowest BCUT2D eigenvalue weighted by Crippen LogP contribution is -2.32. The molecule has 2 atom stereocenters. The number of nitrogens with zero attached hydrogens (tertiary/aromatic N) is 3. The molecule has 5 rings (SSSR count). The highest BCUT2D eigenvalue weighted by Gasteiger charge is 2.42. The van der Waals surface area contributed by atoms with Crippen molar-refractivity contribution >= 4 is 21.9 Å². The average Bonchev–Trinajstić information content (AvgIpc) is 3.15. The van der Waals surface area contributed by atoms with Gasteiger partial charge in [0.2, 0.25) is 0 Å². The van der Waals surface area contributed by atoms with Gasteiger partial charge in [0.1, 0.15) is 11.8 Å². The first kappa shape index (κ1) is 14.5. The van der Waals surface area contributed by atoms with Crippen molar-refractivity contribution < 1.29 is 5.11 Å². The van der Waals surface area contributed by atoms with Crippen LogP contribution in [0.25, 0.3) is 0 Å². The van der Waals surface area contributed by atoms with Crippen LogP contribution in [-0.2, 0) is 0 Å². The summed E-state index contributed by atoms with van der Waals surface area (Å²) in [5.41, 5.74) is -0.220. The quantitative estimate of drug-likeness (QED) is 0.818. The number of thiol groups is 1. The van der Waals surface area contributed by atoms with Gasteiger partial charge >= 0.3 is 0 Å². The predicted molar refractivity (Wildman–Crippen MR) is 95.2 cm³/mol. The van der Waals surface area contributed by atoms with Crippen LogP contribution in [0.4, 0.5) is 5.82 Å². The molecular weight excluding hydrogens is 306 g/mol. The maximum atomic E-state index is 11.2. The van der Waals surface area contributed by atoms with E-state index in [-0.39, 0.29) is 5.44 Å². The average molecular weight is 334 g/mol. The van der Waals surface area contributed by atoms with Crippen LogP contribution in [0.5, 0.6) is 0 Å². The summed E-state index contributed by atoms with van der Waals surface area (Å²) >= 11 is -0.708. The van der Waals surface area contributed by atoms with Crippen LogP contribution in [-0.4, -0.2) is 24.5 Å². The molecule has 5 heteroatoms. The molecule has 1 N–H and O–H groups in total. The van der Waals surface area contributed by atoms with Gasteiger partial charge in [-0.05, 0) is 56.3 Å². The van der Waals surface area contributed by atoms with E-state index in [2.05, 4.69) is 8.96 Å². The Morgan fingerprint density at radius 2 is 1.78 bits per heavy atom. The fraction of sp³-hybridized carbons (Fsp3) is 0.778. The minimum atomic E-state index is -0.708. The van der Waals surface area contributed by atoms with Crippen molar-refractivity contribution in [1.82, 2.24) is 8.96 Å². The van der Waals surface area contributed by atoms with Crippen LogP contribution >= 0.6 is 11.1 Å². The zero-order valence-electron chi connectivity index (χ0n) is 13.6. The summed E-state index contributed by atoms with van der Waals surface area (Å²) < 4.78 is 2.19. The number of fused-ring (bicyclic) bond motifs is 1. The summed E-state index contributed by atoms with van der Waals surface area (Å²) in [4.78, 5) is 9.07. The van der Waals surface area contributed by atoms with Gasteiger partial charge in [-0.15, -0.1) is 11.1 Å². The summed E-state index contributed by atoms with van der Waals surface area (Å²) in [6.45, 7) is 0. The van der Waals surface area contributed by atoms with E-state index in [9.17, 15) is 5.11 Å². The van der Waals surface area contributed by atoms with Gasteiger partial charge < -0.3 is 5.11 Å². The van der Waals surface area contributed by atoms with Gasteiger partial charge in [-0.1, -0.05) is 19.3 Å². The van der Waals surface area contributed by atoms with Crippen molar-refractivity contribution in [3.63, 3.8) is 0 Å². The number of aliphatic hydroxyl groups is 1. The summed E-state index contributed by atoms with van der Waals surface area (Å²) in [7, 11) is 0. The molecule has 0 spiro atoms. The highest BCUT2D eigenvalue weighted by atomic mass is 32.2. The molecule has 0 saturated heterocycles. The summed E-state index contributed by atoms with van der Waals surface area (Å²) in [6, 6.07) is 0. The molecule has 2 unspecified atom stereocenters. The molecule has 3 aliphatic carbocycles. The number of aromatic nitrogens is 2. The van der Waals surface area contributed by atoms with E-state index >= 15 is 0 Å². The Kier molecular flexibility index (Phi) is 3.55. The molecule has 0 bridgehead atoms. The van der Waals surface area contributed by atoms with Gasteiger partial charge in [0.25, 0.3) is 0 Å². The third-order valence-corrected chi connectivity index (χ3v) is 9.17. The normalized spacial score (nSPS) is 37.1. The van der Waals surface area contributed by atoms with Crippen molar-refractivity contribution in [3.05, 3.63) is 12.5 Å². The molecule has 4 nitrogen and oxygen atoms in total.